The summed E-state index contributed by atoms with van der Waals surface area (Å²) in [6, 6.07) is 4.31. The summed E-state index contributed by atoms with van der Waals surface area (Å²) >= 11 is 1.95. The van der Waals surface area contributed by atoms with Gasteiger partial charge in [-0.3, -0.25) is 4.79 Å². The van der Waals surface area contributed by atoms with Crippen LogP contribution in [-0.2, 0) is 0 Å². The van der Waals surface area contributed by atoms with Crippen molar-refractivity contribution in [3.8, 4) is 0 Å². The van der Waals surface area contributed by atoms with Crippen LogP contribution in [0.5, 0.6) is 0 Å². The van der Waals surface area contributed by atoms with E-state index < -0.39 is 5.82 Å². The molecular weight excluding hydrogens is 263 g/mol. The number of anilines is 1. The van der Waals surface area contributed by atoms with Crippen molar-refractivity contribution in [1.29, 1.82) is 0 Å². The Hall–Kier alpha value is -1.23. The minimum atomic E-state index is -0.489. The van der Waals surface area contributed by atoms with E-state index >= 15 is 0 Å². The maximum atomic E-state index is 13.0. The SMILES string of the molecule is CCSC1CCC(NC(=O)c2ccc(F)c(N)c2)C1. The van der Waals surface area contributed by atoms with Gasteiger partial charge in [-0.05, 0) is 43.2 Å². The number of benzene rings is 1. The highest BCUT2D eigenvalue weighted by molar-refractivity contribution is 7.99. The fourth-order valence-electron chi connectivity index (χ4n) is 2.41. The molecule has 1 fully saturated rings. The molecule has 19 heavy (non-hydrogen) atoms. The predicted octanol–water partition coefficient (Wildman–Crippen LogP) is 2.81. The van der Waals surface area contributed by atoms with Crippen molar-refractivity contribution in [2.24, 2.45) is 0 Å². The zero-order valence-electron chi connectivity index (χ0n) is 11.0. The number of thioether (sulfide) groups is 1. The largest absolute Gasteiger partial charge is 0.396 e. The van der Waals surface area contributed by atoms with Crippen LogP contribution in [0, 0.1) is 5.82 Å². The first-order valence-electron chi connectivity index (χ1n) is 6.57. The lowest BCUT2D eigenvalue weighted by molar-refractivity contribution is 0.0938. The third-order valence-electron chi connectivity index (χ3n) is 3.38. The number of rotatable bonds is 4. The van der Waals surface area contributed by atoms with Crippen LogP contribution in [0.3, 0.4) is 0 Å². The summed E-state index contributed by atoms with van der Waals surface area (Å²) in [7, 11) is 0. The highest BCUT2D eigenvalue weighted by atomic mass is 32.2. The van der Waals surface area contributed by atoms with Crippen LogP contribution in [0.15, 0.2) is 18.2 Å². The van der Waals surface area contributed by atoms with Crippen molar-refractivity contribution in [1.82, 2.24) is 5.32 Å². The first-order chi connectivity index (χ1) is 9.10. The van der Waals surface area contributed by atoms with Gasteiger partial charge in [0.1, 0.15) is 5.82 Å². The molecule has 3 N–H and O–H groups in total. The van der Waals surface area contributed by atoms with E-state index in [-0.39, 0.29) is 17.6 Å². The maximum Gasteiger partial charge on any atom is 0.251 e. The second kappa shape index (κ2) is 6.28. The molecule has 2 rings (SSSR count). The minimum Gasteiger partial charge on any atom is -0.396 e. The van der Waals surface area contributed by atoms with Crippen molar-refractivity contribution < 1.29 is 9.18 Å². The van der Waals surface area contributed by atoms with E-state index in [1.807, 2.05) is 11.8 Å². The molecule has 1 aromatic carbocycles. The molecule has 2 atom stereocenters. The lowest BCUT2D eigenvalue weighted by atomic mass is 10.1. The molecule has 3 nitrogen and oxygen atoms in total. The summed E-state index contributed by atoms with van der Waals surface area (Å²) in [6.45, 7) is 2.15. The molecule has 2 unspecified atom stereocenters. The van der Waals surface area contributed by atoms with Crippen LogP contribution in [-0.4, -0.2) is 23.0 Å². The highest BCUT2D eigenvalue weighted by Crippen LogP contribution is 2.29. The number of nitrogens with one attached hydrogen (secondary N) is 1. The highest BCUT2D eigenvalue weighted by Gasteiger charge is 2.26. The molecule has 0 saturated heterocycles. The van der Waals surface area contributed by atoms with Gasteiger partial charge in [-0.15, -0.1) is 0 Å². The molecule has 0 radical (unpaired) electrons. The lowest BCUT2D eigenvalue weighted by Crippen LogP contribution is -2.33. The predicted molar refractivity (Wildman–Crippen MR) is 77.8 cm³/mol. The first-order valence-corrected chi connectivity index (χ1v) is 7.62. The number of hydrogen-bond donors (Lipinski definition) is 2. The number of amides is 1. The van der Waals surface area contributed by atoms with E-state index in [4.69, 9.17) is 5.73 Å². The molecule has 0 bridgehead atoms. The van der Waals surface area contributed by atoms with Gasteiger partial charge in [0.05, 0.1) is 5.69 Å². The summed E-state index contributed by atoms with van der Waals surface area (Å²) in [5.41, 5.74) is 5.90. The monoisotopic (exact) mass is 282 g/mol. The van der Waals surface area contributed by atoms with E-state index in [2.05, 4.69) is 12.2 Å². The van der Waals surface area contributed by atoms with Crippen molar-refractivity contribution in [3.63, 3.8) is 0 Å². The van der Waals surface area contributed by atoms with Crippen LogP contribution in [0.1, 0.15) is 36.5 Å². The molecule has 1 aliphatic carbocycles. The van der Waals surface area contributed by atoms with E-state index in [0.717, 1.165) is 25.0 Å². The van der Waals surface area contributed by atoms with E-state index in [9.17, 15) is 9.18 Å². The summed E-state index contributed by atoms with van der Waals surface area (Å²) in [4.78, 5) is 12.0. The Morgan fingerprint density at radius 3 is 3.00 bits per heavy atom. The fourth-order valence-corrected chi connectivity index (χ4v) is 3.55. The van der Waals surface area contributed by atoms with Gasteiger partial charge in [-0.1, -0.05) is 6.92 Å². The van der Waals surface area contributed by atoms with Gasteiger partial charge in [0.2, 0.25) is 0 Å². The van der Waals surface area contributed by atoms with Gasteiger partial charge >= 0.3 is 0 Å². The maximum absolute atomic E-state index is 13.0. The quantitative estimate of drug-likeness (QED) is 0.835. The number of hydrogen-bond acceptors (Lipinski definition) is 3. The zero-order chi connectivity index (χ0) is 13.8. The van der Waals surface area contributed by atoms with Crippen LogP contribution >= 0.6 is 11.8 Å². The number of carbonyl (C=O) groups excluding carboxylic acids is 1. The molecule has 0 heterocycles. The Morgan fingerprint density at radius 1 is 1.53 bits per heavy atom. The molecule has 0 aromatic heterocycles. The molecule has 1 saturated carbocycles. The van der Waals surface area contributed by atoms with Gasteiger partial charge in [-0.2, -0.15) is 11.8 Å². The Balaban J connectivity index is 1.92. The summed E-state index contributed by atoms with van der Waals surface area (Å²) in [5, 5.41) is 3.65. The molecule has 104 valence electrons. The number of carbonyl (C=O) groups is 1. The molecule has 1 aromatic rings. The zero-order valence-corrected chi connectivity index (χ0v) is 11.8. The Labute approximate surface area is 117 Å². The molecule has 1 amide bonds. The number of nitrogen functional groups attached to an aromatic ring is 1. The third-order valence-corrected chi connectivity index (χ3v) is 4.61. The minimum absolute atomic E-state index is 0.0125. The van der Waals surface area contributed by atoms with Gasteiger partial charge in [-0.25, -0.2) is 4.39 Å². The Bertz CT molecular complexity index is 467. The van der Waals surface area contributed by atoms with Gasteiger partial charge in [0, 0.05) is 16.9 Å². The topological polar surface area (TPSA) is 55.1 Å². The van der Waals surface area contributed by atoms with E-state index in [1.54, 1.807) is 0 Å². The molecule has 5 heteroatoms. The first kappa shape index (κ1) is 14.2. The molecule has 0 aliphatic heterocycles. The third kappa shape index (κ3) is 3.62. The standard InChI is InChI=1S/C14H19FN2OS/c1-2-19-11-5-4-10(8-11)17-14(18)9-3-6-12(15)13(16)7-9/h3,6-7,10-11H,2,4-5,8,16H2,1H3,(H,17,18). The van der Waals surface area contributed by atoms with Crippen LogP contribution in [0.2, 0.25) is 0 Å². The van der Waals surface area contributed by atoms with Gasteiger partial charge < -0.3 is 11.1 Å². The van der Waals surface area contributed by atoms with Crippen molar-refractivity contribution in [2.45, 2.75) is 37.5 Å². The van der Waals surface area contributed by atoms with Crippen LogP contribution in [0.4, 0.5) is 10.1 Å². The lowest BCUT2D eigenvalue weighted by Gasteiger charge is -2.13. The Kier molecular flexibility index (Phi) is 4.69. The van der Waals surface area contributed by atoms with E-state index in [0.29, 0.717) is 10.8 Å². The fraction of sp³-hybridized carbons (Fsp3) is 0.500. The van der Waals surface area contributed by atoms with E-state index in [1.165, 1.54) is 18.2 Å². The van der Waals surface area contributed by atoms with Crippen LogP contribution < -0.4 is 11.1 Å². The van der Waals surface area contributed by atoms with Crippen molar-refractivity contribution in [3.05, 3.63) is 29.6 Å². The second-order valence-electron chi connectivity index (χ2n) is 4.80. The number of halogens is 1. The molecule has 0 spiro atoms. The normalized spacial score (nSPS) is 22.4. The average Bonchev–Trinajstić information content (AvgIpc) is 2.80. The van der Waals surface area contributed by atoms with Crippen molar-refractivity contribution >= 4 is 23.4 Å². The van der Waals surface area contributed by atoms with Gasteiger partial charge in [0.25, 0.3) is 5.91 Å². The summed E-state index contributed by atoms with van der Waals surface area (Å²) in [5.74, 6) is 0.454. The number of nitrogens with two attached hydrogens (primary N) is 1. The summed E-state index contributed by atoms with van der Waals surface area (Å²) < 4.78 is 13.0. The second-order valence-corrected chi connectivity index (χ2v) is 6.37. The summed E-state index contributed by atoms with van der Waals surface area (Å²) in [6.07, 6.45) is 3.18. The smallest absolute Gasteiger partial charge is 0.251 e. The average molecular weight is 282 g/mol. The van der Waals surface area contributed by atoms with Gasteiger partial charge in [0.15, 0.2) is 0 Å². The van der Waals surface area contributed by atoms with Crippen LogP contribution in [0.25, 0.3) is 0 Å². The Morgan fingerprint density at radius 2 is 2.32 bits per heavy atom. The molecular formula is C14H19FN2OS. The van der Waals surface area contributed by atoms with Crippen molar-refractivity contribution in [2.75, 3.05) is 11.5 Å². The molecule has 1 aliphatic rings.